The van der Waals surface area contributed by atoms with Gasteiger partial charge in [0.15, 0.2) is 6.04 Å². The van der Waals surface area contributed by atoms with Crippen molar-refractivity contribution in [3.8, 4) is 0 Å². The van der Waals surface area contributed by atoms with E-state index in [4.69, 9.17) is 10.5 Å². The zero-order chi connectivity index (χ0) is 18.8. The van der Waals surface area contributed by atoms with Crippen LogP contribution in [0.1, 0.15) is 12.8 Å². The topological polar surface area (TPSA) is 105 Å². The number of halogens is 1. The van der Waals surface area contributed by atoms with Gasteiger partial charge in [-0.1, -0.05) is 0 Å². The first-order valence-corrected chi connectivity index (χ1v) is 8.38. The number of nitrogens with one attached hydrogen (secondary N) is 1. The van der Waals surface area contributed by atoms with Crippen LogP contribution in [0.3, 0.4) is 0 Å². The smallest absolute Gasteiger partial charge is 0.253 e. The summed E-state index contributed by atoms with van der Waals surface area (Å²) < 4.78 is 19.5. The maximum Gasteiger partial charge on any atom is 0.253 e. The molecule has 2 fully saturated rings. The first kappa shape index (κ1) is 18.3. The molecule has 2 aliphatic rings. The lowest BCUT2D eigenvalue weighted by Gasteiger charge is -2.27. The van der Waals surface area contributed by atoms with Crippen molar-refractivity contribution in [2.75, 3.05) is 37.0 Å². The van der Waals surface area contributed by atoms with Crippen molar-refractivity contribution >= 4 is 29.1 Å². The van der Waals surface area contributed by atoms with Crippen molar-refractivity contribution < 1.29 is 23.5 Å². The zero-order valence-corrected chi connectivity index (χ0v) is 14.4. The van der Waals surface area contributed by atoms with E-state index in [0.29, 0.717) is 6.61 Å². The standard InChI is InChI=1S/C17H21FN4O4/c1-21(11-3-4-11)15(16(19)24)17(25)20-10-2-5-13(12(18)8-10)22-6-7-26-9-14(22)23/h2,5,8,11,15H,3-4,6-7,9H2,1H3,(H2,19,24)(H,20,25)/t15-/m1/s1. The van der Waals surface area contributed by atoms with Gasteiger partial charge in [0.25, 0.3) is 11.8 Å². The molecule has 140 valence electrons. The Morgan fingerprint density at radius 3 is 2.73 bits per heavy atom. The number of carbonyl (C=O) groups is 3. The Labute approximate surface area is 150 Å². The van der Waals surface area contributed by atoms with Crippen molar-refractivity contribution in [1.29, 1.82) is 0 Å². The number of morpholine rings is 1. The Hall–Kier alpha value is -2.52. The monoisotopic (exact) mass is 364 g/mol. The van der Waals surface area contributed by atoms with Crippen LogP contribution < -0.4 is 16.0 Å². The Morgan fingerprint density at radius 1 is 1.42 bits per heavy atom. The first-order chi connectivity index (χ1) is 12.4. The number of hydrogen-bond acceptors (Lipinski definition) is 5. The van der Waals surface area contributed by atoms with E-state index >= 15 is 0 Å². The molecule has 3 rings (SSSR count). The lowest BCUT2D eigenvalue weighted by molar-refractivity contribution is -0.132. The number of anilines is 2. The van der Waals surface area contributed by atoms with Crippen molar-refractivity contribution in [2.45, 2.75) is 24.9 Å². The molecule has 26 heavy (non-hydrogen) atoms. The van der Waals surface area contributed by atoms with Gasteiger partial charge in [0.1, 0.15) is 12.4 Å². The summed E-state index contributed by atoms with van der Waals surface area (Å²) in [4.78, 5) is 38.8. The summed E-state index contributed by atoms with van der Waals surface area (Å²) in [5.74, 6) is -2.34. The van der Waals surface area contributed by atoms with Crippen LogP contribution in [0.2, 0.25) is 0 Å². The summed E-state index contributed by atoms with van der Waals surface area (Å²) in [5, 5.41) is 2.52. The van der Waals surface area contributed by atoms with Crippen LogP contribution in [0, 0.1) is 5.82 Å². The number of benzene rings is 1. The fourth-order valence-corrected chi connectivity index (χ4v) is 2.99. The summed E-state index contributed by atoms with van der Waals surface area (Å²) >= 11 is 0. The number of nitrogens with two attached hydrogens (primary N) is 1. The first-order valence-electron chi connectivity index (χ1n) is 8.38. The molecule has 1 atom stereocenters. The largest absolute Gasteiger partial charge is 0.370 e. The van der Waals surface area contributed by atoms with Gasteiger partial charge in [0.05, 0.1) is 12.3 Å². The number of likely N-dealkylation sites (N-methyl/N-ethyl adjacent to an activating group) is 1. The van der Waals surface area contributed by atoms with Crippen LogP contribution in [0.5, 0.6) is 0 Å². The molecule has 1 heterocycles. The van der Waals surface area contributed by atoms with Gasteiger partial charge in [-0.05, 0) is 38.1 Å². The molecule has 1 aliphatic carbocycles. The van der Waals surface area contributed by atoms with Gasteiger partial charge in [0.2, 0.25) is 5.91 Å². The molecule has 1 aromatic carbocycles. The highest BCUT2D eigenvalue weighted by Crippen LogP contribution is 2.28. The highest BCUT2D eigenvalue weighted by Gasteiger charge is 2.38. The van der Waals surface area contributed by atoms with Crippen LogP contribution in [0.25, 0.3) is 0 Å². The van der Waals surface area contributed by atoms with E-state index in [9.17, 15) is 18.8 Å². The number of amides is 3. The second kappa shape index (κ2) is 7.38. The van der Waals surface area contributed by atoms with E-state index < -0.39 is 23.7 Å². The summed E-state index contributed by atoms with van der Waals surface area (Å²) in [7, 11) is 1.67. The summed E-state index contributed by atoms with van der Waals surface area (Å²) in [6.45, 7) is 0.501. The lowest BCUT2D eigenvalue weighted by Crippen LogP contribution is -2.51. The number of primary amides is 1. The number of nitrogens with zero attached hydrogens (tertiary/aromatic N) is 2. The van der Waals surface area contributed by atoms with Crippen LogP contribution >= 0.6 is 0 Å². The second-order valence-electron chi connectivity index (χ2n) is 6.45. The molecule has 1 saturated carbocycles. The van der Waals surface area contributed by atoms with E-state index in [1.54, 1.807) is 11.9 Å². The molecule has 9 heteroatoms. The van der Waals surface area contributed by atoms with Gasteiger partial charge in [-0.2, -0.15) is 0 Å². The molecule has 0 unspecified atom stereocenters. The molecule has 0 bridgehead atoms. The molecule has 0 spiro atoms. The highest BCUT2D eigenvalue weighted by molar-refractivity contribution is 6.09. The van der Waals surface area contributed by atoms with Gasteiger partial charge in [-0.15, -0.1) is 0 Å². The summed E-state index contributed by atoms with van der Waals surface area (Å²) in [6, 6.07) is 3.05. The predicted molar refractivity (Wildman–Crippen MR) is 92.0 cm³/mol. The quantitative estimate of drug-likeness (QED) is 0.696. The van der Waals surface area contributed by atoms with Crippen molar-refractivity contribution in [1.82, 2.24) is 4.90 Å². The Balaban J connectivity index is 1.73. The van der Waals surface area contributed by atoms with Crippen molar-refractivity contribution in [3.63, 3.8) is 0 Å². The van der Waals surface area contributed by atoms with Gasteiger partial charge < -0.3 is 20.7 Å². The molecular formula is C17H21FN4O4. The fraction of sp³-hybridized carbons (Fsp3) is 0.471. The summed E-state index contributed by atoms with van der Waals surface area (Å²) in [6.07, 6.45) is 1.81. The average molecular weight is 364 g/mol. The molecule has 0 radical (unpaired) electrons. The number of carbonyl (C=O) groups excluding carboxylic acids is 3. The zero-order valence-electron chi connectivity index (χ0n) is 14.4. The summed E-state index contributed by atoms with van der Waals surface area (Å²) in [5.41, 5.74) is 5.66. The number of rotatable bonds is 6. The predicted octanol–water partition coefficient (Wildman–Crippen LogP) is 0.0755. The third kappa shape index (κ3) is 3.83. The van der Waals surface area contributed by atoms with E-state index in [-0.39, 0.29) is 36.5 Å². The molecule has 8 nitrogen and oxygen atoms in total. The molecule has 3 N–H and O–H groups in total. The van der Waals surface area contributed by atoms with Crippen LogP contribution in [-0.4, -0.2) is 61.5 Å². The minimum absolute atomic E-state index is 0.0915. The minimum Gasteiger partial charge on any atom is -0.370 e. The Morgan fingerprint density at radius 2 is 2.15 bits per heavy atom. The Kier molecular flexibility index (Phi) is 5.19. The highest BCUT2D eigenvalue weighted by atomic mass is 19.1. The molecule has 1 aromatic rings. The molecule has 1 saturated heterocycles. The maximum atomic E-state index is 14.4. The average Bonchev–Trinajstić information content (AvgIpc) is 3.40. The molecule has 0 aromatic heterocycles. The number of ether oxygens (including phenoxy) is 1. The Bertz CT molecular complexity index is 737. The van der Waals surface area contributed by atoms with Crippen molar-refractivity contribution in [2.24, 2.45) is 5.73 Å². The van der Waals surface area contributed by atoms with Gasteiger partial charge in [0, 0.05) is 18.3 Å². The lowest BCUT2D eigenvalue weighted by atomic mass is 10.2. The van der Waals surface area contributed by atoms with E-state index in [1.807, 2.05) is 0 Å². The van der Waals surface area contributed by atoms with E-state index in [0.717, 1.165) is 18.9 Å². The minimum atomic E-state index is -1.12. The third-order valence-electron chi connectivity index (χ3n) is 4.54. The molecule has 3 amide bonds. The third-order valence-corrected chi connectivity index (χ3v) is 4.54. The van der Waals surface area contributed by atoms with E-state index in [1.165, 1.54) is 17.0 Å². The molecular weight excluding hydrogens is 343 g/mol. The van der Waals surface area contributed by atoms with Gasteiger partial charge in [-0.25, -0.2) is 4.39 Å². The van der Waals surface area contributed by atoms with Crippen molar-refractivity contribution in [3.05, 3.63) is 24.0 Å². The van der Waals surface area contributed by atoms with Gasteiger partial charge in [-0.3, -0.25) is 19.3 Å². The van der Waals surface area contributed by atoms with E-state index in [2.05, 4.69) is 5.32 Å². The van der Waals surface area contributed by atoms with Crippen LogP contribution in [-0.2, 0) is 19.1 Å². The normalized spacial score (nSPS) is 18.7. The number of hydrogen-bond donors (Lipinski definition) is 2. The maximum absolute atomic E-state index is 14.4. The van der Waals surface area contributed by atoms with Gasteiger partial charge >= 0.3 is 0 Å². The van der Waals surface area contributed by atoms with Crippen LogP contribution in [0.15, 0.2) is 18.2 Å². The SMILES string of the molecule is CN(C1CC1)[C@H](C(N)=O)C(=O)Nc1ccc(N2CCOCC2=O)c(F)c1. The molecule has 1 aliphatic heterocycles. The van der Waals surface area contributed by atoms with Crippen LogP contribution in [0.4, 0.5) is 15.8 Å². The second-order valence-corrected chi connectivity index (χ2v) is 6.45. The fourth-order valence-electron chi connectivity index (χ4n) is 2.99.